The van der Waals surface area contributed by atoms with Crippen LogP contribution in [0, 0.1) is 0 Å². The summed E-state index contributed by atoms with van der Waals surface area (Å²) in [6, 6.07) is 10.1. The molecule has 2 aromatic rings. The van der Waals surface area contributed by atoms with Crippen LogP contribution in [-0.2, 0) is 6.54 Å². The second-order valence-electron chi connectivity index (χ2n) is 4.31. The molecule has 3 nitrogen and oxygen atoms in total. The summed E-state index contributed by atoms with van der Waals surface area (Å²) in [7, 11) is 1.69. The molecule has 1 heterocycles. The number of nitrogens with one attached hydrogen (secondary N) is 1. The molecule has 0 saturated heterocycles. The largest absolute Gasteiger partial charge is 0.496 e. The van der Waals surface area contributed by atoms with Crippen LogP contribution in [0.5, 0.6) is 5.75 Å². The number of ether oxygens (including phenoxy) is 1. The highest BCUT2D eigenvalue weighted by molar-refractivity contribution is 6.31. The molecule has 1 aromatic carbocycles. The summed E-state index contributed by atoms with van der Waals surface area (Å²) in [6.45, 7) is 2.80. The summed E-state index contributed by atoms with van der Waals surface area (Å²) >= 11 is 6.09. The summed E-state index contributed by atoms with van der Waals surface area (Å²) in [5.41, 5.74) is 2.17. The van der Waals surface area contributed by atoms with E-state index >= 15 is 0 Å². The lowest BCUT2D eigenvalue weighted by molar-refractivity contribution is 0.401. The van der Waals surface area contributed by atoms with Gasteiger partial charge in [0.2, 0.25) is 0 Å². The number of para-hydroxylation sites is 1. The fourth-order valence-electron chi connectivity index (χ4n) is 1.94. The van der Waals surface area contributed by atoms with Crippen molar-refractivity contribution in [2.24, 2.45) is 0 Å². The van der Waals surface area contributed by atoms with E-state index in [1.165, 1.54) is 0 Å². The van der Waals surface area contributed by atoms with Crippen LogP contribution in [0.2, 0.25) is 5.02 Å². The molecule has 0 spiro atoms. The first-order valence-corrected chi connectivity index (χ1v) is 6.55. The number of halogens is 1. The molecule has 19 heavy (non-hydrogen) atoms. The summed E-state index contributed by atoms with van der Waals surface area (Å²) in [5, 5.41) is 4.12. The topological polar surface area (TPSA) is 34.1 Å². The molecular weight excluding hydrogens is 260 g/mol. The highest BCUT2D eigenvalue weighted by Gasteiger charge is 2.10. The zero-order chi connectivity index (χ0) is 13.7. The Labute approximate surface area is 118 Å². The second-order valence-corrected chi connectivity index (χ2v) is 4.72. The van der Waals surface area contributed by atoms with Crippen molar-refractivity contribution < 1.29 is 4.74 Å². The van der Waals surface area contributed by atoms with Crippen LogP contribution in [0.1, 0.15) is 24.1 Å². The quantitative estimate of drug-likeness (QED) is 0.906. The average Bonchev–Trinajstić information content (AvgIpc) is 2.46. The average molecular weight is 277 g/mol. The Balaban J connectivity index is 2.05. The Hall–Kier alpha value is -1.58. The Kier molecular flexibility index (Phi) is 4.77. The minimum absolute atomic E-state index is 0.181. The fraction of sp³-hybridized carbons (Fsp3) is 0.267. The SMILES string of the molecule is COc1ccccc1[C@H](C)NCc1ccncc1Cl. The Bertz CT molecular complexity index is 545. The molecule has 0 unspecified atom stereocenters. The molecule has 0 radical (unpaired) electrons. The zero-order valence-corrected chi connectivity index (χ0v) is 11.8. The standard InChI is InChI=1S/C15H17ClN2O/c1-11(13-5-3-4-6-15(13)19-2)18-9-12-7-8-17-10-14(12)16/h3-8,10-11,18H,9H2,1-2H3/t11-/m0/s1. The van der Waals surface area contributed by atoms with Crippen molar-refractivity contribution in [2.45, 2.75) is 19.5 Å². The van der Waals surface area contributed by atoms with Gasteiger partial charge in [0.05, 0.1) is 12.1 Å². The van der Waals surface area contributed by atoms with Gasteiger partial charge in [-0.3, -0.25) is 4.98 Å². The highest BCUT2D eigenvalue weighted by Crippen LogP contribution is 2.25. The predicted molar refractivity (Wildman–Crippen MR) is 77.5 cm³/mol. The molecule has 2 rings (SSSR count). The minimum Gasteiger partial charge on any atom is -0.496 e. The van der Waals surface area contributed by atoms with E-state index in [1.807, 2.05) is 24.3 Å². The molecule has 0 aliphatic heterocycles. The maximum atomic E-state index is 6.09. The molecule has 0 aliphatic carbocycles. The van der Waals surface area contributed by atoms with E-state index in [1.54, 1.807) is 19.5 Å². The van der Waals surface area contributed by atoms with Crippen LogP contribution in [0.15, 0.2) is 42.7 Å². The van der Waals surface area contributed by atoms with Crippen molar-refractivity contribution in [2.75, 3.05) is 7.11 Å². The Morgan fingerprint density at radius 1 is 1.32 bits per heavy atom. The molecule has 1 aromatic heterocycles. The Morgan fingerprint density at radius 2 is 2.11 bits per heavy atom. The van der Waals surface area contributed by atoms with E-state index in [2.05, 4.69) is 23.3 Å². The van der Waals surface area contributed by atoms with E-state index in [4.69, 9.17) is 16.3 Å². The van der Waals surface area contributed by atoms with Gasteiger partial charge in [0.1, 0.15) is 5.75 Å². The van der Waals surface area contributed by atoms with Crippen molar-refractivity contribution >= 4 is 11.6 Å². The normalized spacial score (nSPS) is 12.2. The van der Waals surface area contributed by atoms with E-state index in [0.717, 1.165) is 16.9 Å². The number of benzene rings is 1. The summed E-state index contributed by atoms with van der Waals surface area (Å²) in [5.74, 6) is 0.892. The first-order valence-electron chi connectivity index (χ1n) is 6.17. The zero-order valence-electron chi connectivity index (χ0n) is 11.1. The molecule has 0 amide bonds. The highest BCUT2D eigenvalue weighted by atomic mass is 35.5. The van der Waals surface area contributed by atoms with Crippen LogP contribution >= 0.6 is 11.6 Å². The van der Waals surface area contributed by atoms with Gasteiger partial charge in [-0.2, -0.15) is 0 Å². The van der Waals surface area contributed by atoms with E-state index in [9.17, 15) is 0 Å². The summed E-state index contributed by atoms with van der Waals surface area (Å²) < 4.78 is 5.37. The number of rotatable bonds is 5. The number of methoxy groups -OCH3 is 1. The molecule has 1 atom stereocenters. The van der Waals surface area contributed by atoms with Gasteiger partial charge in [0.15, 0.2) is 0 Å². The third-order valence-electron chi connectivity index (χ3n) is 3.06. The number of hydrogen-bond acceptors (Lipinski definition) is 3. The van der Waals surface area contributed by atoms with Crippen LogP contribution in [0.25, 0.3) is 0 Å². The lowest BCUT2D eigenvalue weighted by Gasteiger charge is -2.17. The third-order valence-corrected chi connectivity index (χ3v) is 3.40. The van der Waals surface area contributed by atoms with E-state index < -0.39 is 0 Å². The molecule has 100 valence electrons. The predicted octanol–water partition coefficient (Wildman–Crippen LogP) is 3.59. The van der Waals surface area contributed by atoms with Crippen molar-refractivity contribution in [1.29, 1.82) is 0 Å². The van der Waals surface area contributed by atoms with Gasteiger partial charge < -0.3 is 10.1 Å². The molecule has 0 bridgehead atoms. The van der Waals surface area contributed by atoms with Gasteiger partial charge >= 0.3 is 0 Å². The molecular formula is C15H17ClN2O. The van der Waals surface area contributed by atoms with Crippen LogP contribution in [0.3, 0.4) is 0 Å². The van der Waals surface area contributed by atoms with Crippen molar-refractivity contribution in [3.63, 3.8) is 0 Å². The van der Waals surface area contributed by atoms with Crippen LogP contribution in [-0.4, -0.2) is 12.1 Å². The second kappa shape index (κ2) is 6.55. The van der Waals surface area contributed by atoms with Gasteiger partial charge in [-0.25, -0.2) is 0 Å². The van der Waals surface area contributed by atoms with Gasteiger partial charge in [0, 0.05) is 30.5 Å². The van der Waals surface area contributed by atoms with Crippen LogP contribution < -0.4 is 10.1 Å². The van der Waals surface area contributed by atoms with Crippen LogP contribution in [0.4, 0.5) is 0 Å². The van der Waals surface area contributed by atoms with Gasteiger partial charge in [-0.15, -0.1) is 0 Å². The monoisotopic (exact) mass is 276 g/mol. The van der Waals surface area contributed by atoms with Gasteiger partial charge in [0.25, 0.3) is 0 Å². The third kappa shape index (κ3) is 3.46. The lowest BCUT2D eigenvalue weighted by atomic mass is 10.1. The van der Waals surface area contributed by atoms with E-state index in [-0.39, 0.29) is 6.04 Å². The summed E-state index contributed by atoms with van der Waals surface area (Å²) in [4.78, 5) is 3.98. The van der Waals surface area contributed by atoms with Crippen molar-refractivity contribution in [3.8, 4) is 5.75 Å². The van der Waals surface area contributed by atoms with Crippen molar-refractivity contribution in [1.82, 2.24) is 10.3 Å². The summed E-state index contributed by atoms with van der Waals surface area (Å²) in [6.07, 6.45) is 3.41. The fourth-order valence-corrected chi connectivity index (χ4v) is 2.13. The van der Waals surface area contributed by atoms with Gasteiger partial charge in [-0.05, 0) is 24.6 Å². The molecule has 0 fully saturated rings. The number of aromatic nitrogens is 1. The number of pyridine rings is 1. The molecule has 0 aliphatic rings. The van der Waals surface area contributed by atoms with Gasteiger partial charge in [-0.1, -0.05) is 29.8 Å². The lowest BCUT2D eigenvalue weighted by Crippen LogP contribution is -2.18. The first-order chi connectivity index (χ1) is 9.22. The minimum atomic E-state index is 0.181. The maximum Gasteiger partial charge on any atom is 0.123 e. The molecule has 4 heteroatoms. The molecule has 1 N–H and O–H groups in total. The van der Waals surface area contributed by atoms with Crippen molar-refractivity contribution in [3.05, 3.63) is 58.9 Å². The first kappa shape index (κ1) is 13.8. The maximum absolute atomic E-state index is 6.09. The number of nitrogens with zero attached hydrogens (tertiary/aromatic N) is 1. The smallest absolute Gasteiger partial charge is 0.123 e. The number of hydrogen-bond donors (Lipinski definition) is 1. The van der Waals surface area contributed by atoms with E-state index in [0.29, 0.717) is 11.6 Å². The molecule has 0 saturated carbocycles. The Morgan fingerprint density at radius 3 is 2.84 bits per heavy atom.